The van der Waals surface area contributed by atoms with Crippen LogP contribution in [-0.4, -0.2) is 48.2 Å². The van der Waals surface area contributed by atoms with Crippen LogP contribution in [0.4, 0.5) is 0 Å². The van der Waals surface area contributed by atoms with Gasteiger partial charge < -0.3 is 19.5 Å². The van der Waals surface area contributed by atoms with Crippen LogP contribution in [0.5, 0.6) is 11.5 Å². The summed E-state index contributed by atoms with van der Waals surface area (Å²) in [6, 6.07) is 15.0. The third-order valence-corrected chi connectivity index (χ3v) is 4.48. The molecule has 0 spiro atoms. The predicted octanol–water partition coefficient (Wildman–Crippen LogP) is 3.48. The van der Waals surface area contributed by atoms with Crippen molar-refractivity contribution >= 4 is 17.4 Å². The van der Waals surface area contributed by atoms with Gasteiger partial charge in [-0.15, -0.1) is 0 Å². The Kier molecular flexibility index (Phi) is 6.32. The van der Waals surface area contributed by atoms with Gasteiger partial charge in [-0.25, -0.2) is 4.79 Å². The maximum Gasteiger partial charge on any atom is 0.341 e. The van der Waals surface area contributed by atoms with Crippen LogP contribution in [0.25, 0.3) is 5.57 Å². The summed E-state index contributed by atoms with van der Waals surface area (Å²) in [6.07, 6.45) is 2.89. The van der Waals surface area contributed by atoms with Crippen molar-refractivity contribution in [2.24, 2.45) is 0 Å². The van der Waals surface area contributed by atoms with Crippen LogP contribution in [0, 0.1) is 0 Å². The largest absolute Gasteiger partial charge is 0.490 e. The molecule has 0 aromatic heterocycles. The summed E-state index contributed by atoms with van der Waals surface area (Å²) in [5.41, 5.74) is 2.92. The van der Waals surface area contributed by atoms with E-state index >= 15 is 0 Å². The number of carboxylic acid groups (broad SMARTS) is 1. The van der Waals surface area contributed by atoms with Crippen LogP contribution in [0.15, 0.2) is 54.6 Å². The number of rotatable bonds is 7. The molecule has 0 saturated heterocycles. The highest BCUT2D eigenvalue weighted by molar-refractivity contribution is 5.95. The van der Waals surface area contributed by atoms with Gasteiger partial charge in [0.2, 0.25) is 0 Å². The second-order valence-corrected chi connectivity index (χ2v) is 6.37. The van der Waals surface area contributed by atoms with E-state index in [0.717, 1.165) is 6.42 Å². The minimum atomic E-state index is -1.07. The van der Waals surface area contributed by atoms with Crippen molar-refractivity contribution in [1.82, 2.24) is 4.90 Å². The molecule has 1 aliphatic heterocycles. The highest BCUT2D eigenvalue weighted by Crippen LogP contribution is 2.30. The first-order valence-electron chi connectivity index (χ1n) is 9.23. The molecule has 1 heterocycles. The van der Waals surface area contributed by atoms with Gasteiger partial charge in [-0.05, 0) is 42.7 Å². The van der Waals surface area contributed by atoms with Crippen molar-refractivity contribution in [3.8, 4) is 11.5 Å². The Morgan fingerprint density at radius 2 is 1.86 bits per heavy atom. The van der Waals surface area contributed by atoms with E-state index in [9.17, 15) is 9.59 Å². The lowest BCUT2D eigenvalue weighted by molar-refractivity contribution is -0.139. The van der Waals surface area contributed by atoms with Gasteiger partial charge in [0.25, 0.3) is 5.91 Å². The summed E-state index contributed by atoms with van der Waals surface area (Å²) in [4.78, 5) is 25.4. The van der Waals surface area contributed by atoms with E-state index < -0.39 is 12.6 Å². The van der Waals surface area contributed by atoms with Gasteiger partial charge in [0.05, 0.1) is 6.61 Å². The summed E-state index contributed by atoms with van der Waals surface area (Å²) in [7, 11) is 0. The maximum absolute atomic E-state index is 12.9. The number of carboxylic acids is 1. The van der Waals surface area contributed by atoms with Crippen LogP contribution >= 0.6 is 0 Å². The van der Waals surface area contributed by atoms with Gasteiger partial charge >= 0.3 is 5.97 Å². The molecular weight excluding hydrogens is 358 g/mol. The molecule has 0 saturated carbocycles. The van der Waals surface area contributed by atoms with Crippen LogP contribution in [0.2, 0.25) is 0 Å². The second-order valence-electron chi connectivity index (χ2n) is 6.37. The molecule has 6 heteroatoms. The van der Waals surface area contributed by atoms with Crippen molar-refractivity contribution < 1.29 is 24.2 Å². The summed E-state index contributed by atoms with van der Waals surface area (Å²) < 4.78 is 10.8. The van der Waals surface area contributed by atoms with Crippen molar-refractivity contribution in [3.05, 3.63) is 65.7 Å². The molecule has 0 bridgehead atoms. The second kappa shape index (κ2) is 9.08. The average Bonchev–Trinajstić information content (AvgIpc) is 2.73. The van der Waals surface area contributed by atoms with Gasteiger partial charge in [0.15, 0.2) is 18.1 Å². The van der Waals surface area contributed by atoms with E-state index in [1.807, 2.05) is 25.1 Å². The van der Waals surface area contributed by atoms with Crippen LogP contribution in [0.1, 0.15) is 29.3 Å². The highest BCUT2D eigenvalue weighted by atomic mass is 16.5. The maximum atomic E-state index is 12.9. The molecule has 3 rings (SSSR count). The minimum absolute atomic E-state index is 0.0888. The highest BCUT2D eigenvalue weighted by Gasteiger charge is 2.21. The van der Waals surface area contributed by atoms with E-state index in [4.69, 9.17) is 14.6 Å². The Morgan fingerprint density at radius 1 is 1.07 bits per heavy atom. The van der Waals surface area contributed by atoms with E-state index in [2.05, 4.69) is 18.2 Å². The first-order chi connectivity index (χ1) is 13.6. The topological polar surface area (TPSA) is 76.1 Å². The predicted molar refractivity (Wildman–Crippen MR) is 106 cm³/mol. The molecule has 2 aromatic rings. The molecule has 6 nitrogen and oxygen atoms in total. The van der Waals surface area contributed by atoms with Gasteiger partial charge in [-0.3, -0.25) is 4.79 Å². The summed E-state index contributed by atoms with van der Waals surface area (Å²) >= 11 is 0. The average molecular weight is 381 g/mol. The molecule has 0 aliphatic carbocycles. The number of hydrogen-bond acceptors (Lipinski definition) is 4. The molecular formula is C22H23NO5. The molecule has 0 radical (unpaired) electrons. The molecule has 146 valence electrons. The molecule has 0 unspecified atom stereocenters. The molecule has 2 aromatic carbocycles. The Balaban J connectivity index is 1.72. The van der Waals surface area contributed by atoms with Crippen LogP contribution in [0.3, 0.4) is 0 Å². The minimum Gasteiger partial charge on any atom is -0.490 e. The smallest absolute Gasteiger partial charge is 0.341 e. The molecule has 1 aliphatic rings. The fraction of sp³-hybridized carbons (Fsp3) is 0.273. The number of carbonyl (C=O) groups excluding carboxylic acids is 1. The Labute approximate surface area is 164 Å². The fourth-order valence-corrected chi connectivity index (χ4v) is 3.12. The van der Waals surface area contributed by atoms with Gasteiger partial charge in [-0.2, -0.15) is 0 Å². The summed E-state index contributed by atoms with van der Waals surface area (Å²) in [5.74, 6) is -0.483. The number of nitrogens with zero attached hydrogens (tertiary/aromatic N) is 1. The van der Waals surface area contributed by atoms with Crippen molar-refractivity contribution in [1.29, 1.82) is 0 Å². The first-order valence-corrected chi connectivity index (χ1v) is 9.23. The van der Waals surface area contributed by atoms with E-state index in [-0.39, 0.29) is 5.91 Å². The number of hydrogen-bond donors (Lipinski definition) is 1. The quantitative estimate of drug-likeness (QED) is 0.795. The zero-order valence-electron chi connectivity index (χ0n) is 15.8. The Bertz CT molecular complexity index is 876. The van der Waals surface area contributed by atoms with Gasteiger partial charge in [0, 0.05) is 18.7 Å². The lowest BCUT2D eigenvalue weighted by atomic mass is 9.99. The number of ether oxygens (including phenoxy) is 2. The van der Waals surface area contributed by atoms with Gasteiger partial charge in [0.1, 0.15) is 0 Å². The van der Waals surface area contributed by atoms with Crippen LogP contribution in [-0.2, 0) is 4.79 Å². The zero-order valence-corrected chi connectivity index (χ0v) is 15.8. The molecule has 28 heavy (non-hydrogen) atoms. The lowest BCUT2D eigenvalue weighted by Crippen LogP contribution is -2.34. The van der Waals surface area contributed by atoms with E-state index in [1.165, 1.54) is 11.1 Å². The summed E-state index contributed by atoms with van der Waals surface area (Å²) in [6.45, 7) is 2.92. The third kappa shape index (κ3) is 4.71. The standard InChI is InChI=1S/C22H23NO5/c1-2-27-20-14-18(8-9-19(20)28-15-21(24)25)22(26)23-12-10-17(11-13-23)16-6-4-3-5-7-16/h3-10,14H,2,11-13,15H2,1H3,(H,24,25). The van der Waals surface area contributed by atoms with Gasteiger partial charge in [-0.1, -0.05) is 36.4 Å². The van der Waals surface area contributed by atoms with Crippen molar-refractivity contribution in [2.45, 2.75) is 13.3 Å². The molecule has 0 atom stereocenters. The molecule has 1 N–H and O–H groups in total. The van der Waals surface area contributed by atoms with E-state index in [0.29, 0.717) is 36.8 Å². The summed E-state index contributed by atoms with van der Waals surface area (Å²) in [5, 5.41) is 8.78. The molecule has 0 fully saturated rings. The molecule has 1 amide bonds. The Morgan fingerprint density at radius 3 is 2.50 bits per heavy atom. The SMILES string of the molecule is CCOc1cc(C(=O)N2CC=C(c3ccccc3)CC2)ccc1OCC(=O)O. The Hall–Kier alpha value is -3.28. The zero-order chi connectivity index (χ0) is 19.9. The fourth-order valence-electron chi connectivity index (χ4n) is 3.12. The lowest BCUT2D eigenvalue weighted by Gasteiger charge is -2.27. The third-order valence-electron chi connectivity index (χ3n) is 4.48. The van der Waals surface area contributed by atoms with E-state index in [1.54, 1.807) is 23.1 Å². The van der Waals surface area contributed by atoms with Crippen LogP contribution < -0.4 is 9.47 Å². The normalized spacial score (nSPS) is 13.6. The number of amides is 1. The van der Waals surface area contributed by atoms with Crippen molar-refractivity contribution in [2.75, 3.05) is 26.3 Å². The van der Waals surface area contributed by atoms with Crippen molar-refractivity contribution in [3.63, 3.8) is 0 Å². The number of aliphatic carboxylic acids is 1. The monoisotopic (exact) mass is 381 g/mol. The number of carbonyl (C=O) groups is 2. The number of benzene rings is 2. The first kappa shape index (κ1) is 19.5.